The molecule has 2 unspecified atom stereocenters. The van der Waals surface area contributed by atoms with E-state index >= 15 is 0 Å². The molecule has 4 N–H and O–H groups in total. The Morgan fingerprint density at radius 1 is 1.26 bits per heavy atom. The number of hydrogen-bond donors (Lipinski definition) is 3. The second-order valence-electron chi connectivity index (χ2n) is 11.3. The molecule has 192 valence electrons. The van der Waals surface area contributed by atoms with Gasteiger partial charge in [0.2, 0.25) is 5.91 Å². The fourth-order valence-electron chi connectivity index (χ4n) is 6.46. The van der Waals surface area contributed by atoms with E-state index in [0.29, 0.717) is 11.5 Å². The van der Waals surface area contributed by atoms with Crippen molar-refractivity contribution in [2.45, 2.75) is 94.2 Å². The fourth-order valence-corrected chi connectivity index (χ4v) is 7.39. The van der Waals surface area contributed by atoms with E-state index in [0.717, 1.165) is 37.1 Å². The van der Waals surface area contributed by atoms with Crippen molar-refractivity contribution >= 4 is 35.9 Å². The molecule has 0 radical (unpaired) electrons. The van der Waals surface area contributed by atoms with Gasteiger partial charge in [-0.05, 0) is 69.8 Å². The van der Waals surface area contributed by atoms with E-state index in [1.165, 1.54) is 6.92 Å². The van der Waals surface area contributed by atoms with Crippen LogP contribution in [0.2, 0.25) is 0 Å². The van der Waals surface area contributed by atoms with Gasteiger partial charge < -0.3 is 21.1 Å². The molecule has 4 saturated carbocycles. The number of amides is 3. The number of nitrogens with one attached hydrogen (secondary N) is 2. The lowest BCUT2D eigenvalue weighted by Gasteiger charge is -2.58. The molecule has 4 aliphatic rings. The van der Waals surface area contributed by atoms with E-state index < -0.39 is 17.2 Å². The van der Waals surface area contributed by atoms with Gasteiger partial charge in [0.25, 0.3) is 5.91 Å². The highest BCUT2D eigenvalue weighted by atomic mass is 32.2. The first-order valence-electron chi connectivity index (χ1n) is 12.4. The number of nitrogens with two attached hydrogens (primary N) is 1. The number of carbonyl (C=O) groups is 3. The maximum atomic E-state index is 13.5. The molecule has 4 bridgehead atoms. The molecule has 1 aromatic rings. The average molecular weight is 504 g/mol. The lowest BCUT2D eigenvalue weighted by atomic mass is 9.52. The summed E-state index contributed by atoms with van der Waals surface area (Å²) in [4.78, 5) is 36.5. The monoisotopic (exact) mass is 503 g/mol. The summed E-state index contributed by atoms with van der Waals surface area (Å²) in [5.74, 6) is 0.831. The molecule has 4 fully saturated rings. The van der Waals surface area contributed by atoms with Gasteiger partial charge in [-0.15, -0.1) is 11.8 Å². The summed E-state index contributed by atoms with van der Waals surface area (Å²) < 4.78 is 7.31. The Morgan fingerprint density at radius 2 is 1.91 bits per heavy atom. The number of ether oxygens (including phenoxy) is 1. The van der Waals surface area contributed by atoms with Crippen molar-refractivity contribution in [3.05, 3.63) is 17.8 Å². The van der Waals surface area contributed by atoms with Crippen LogP contribution in [0.1, 0.15) is 77.1 Å². The number of carbonyl (C=O) groups excluding carboxylic acids is 3. The van der Waals surface area contributed by atoms with Crippen LogP contribution in [0.5, 0.6) is 0 Å². The van der Waals surface area contributed by atoms with Gasteiger partial charge in [0.05, 0.1) is 17.3 Å². The summed E-state index contributed by atoms with van der Waals surface area (Å²) in [6.45, 7) is 9.43. The smallest absolute Gasteiger partial charge is 0.405 e. The first-order chi connectivity index (χ1) is 16.4. The minimum atomic E-state index is -0.704. The molecule has 2 atom stereocenters. The van der Waals surface area contributed by atoms with E-state index in [1.54, 1.807) is 28.8 Å². The highest BCUT2D eigenvalue weighted by molar-refractivity contribution is 7.99. The van der Waals surface area contributed by atoms with E-state index in [1.807, 2.05) is 19.9 Å². The largest absolute Gasteiger partial charge is 0.443 e. The summed E-state index contributed by atoms with van der Waals surface area (Å²) in [6.07, 6.45) is 9.04. The molecular formula is C25H37N5O4S. The number of rotatable bonds is 8. The average Bonchev–Trinajstić information content (AvgIpc) is 3.08. The van der Waals surface area contributed by atoms with Crippen LogP contribution < -0.4 is 16.4 Å². The predicted molar refractivity (Wildman–Crippen MR) is 135 cm³/mol. The highest BCUT2D eigenvalue weighted by Gasteiger charge is 2.57. The summed E-state index contributed by atoms with van der Waals surface area (Å²) in [6, 6.07) is 0.0538. The van der Waals surface area contributed by atoms with Gasteiger partial charge in [-0.3, -0.25) is 9.59 Å². The topological polar surface area (TPSA) is 128 Å². The molecule has 35 heavy (non-hydrogen) atoms. The van der Waals surface area contributed by atoms with Crippen LogP contribution in [0.25, 0.3) is 6.20 Å². The third-order valence-corrected chi connectivity index (χ3v) is 8.41. The first kappa shape index (κ1) is 25.6. The molecule has 0 aromatic carbocycles. The first-order valence-corrected chi connectivity index (χ1v) is 13.3. The molecule has 5 rings (SSSR count). The van der Waals surface area contributed by atoms with Crippen molar-refractivity contribution in [1.82, 2.24) is 20.4 Å². The van der Waals surface area contributed by atoms with Crippen molar-refractivity contribution in [3.63, 3.8) is 0 Å². The maximum absolute atomic E-state index is 13.5. The number of nitrogens with zero attached hydrogens (tertiary/aromatic N) is 2. The van der Waals surface area contributed by atoms with Gasteiger partial charge in [-0.1, -0.05) is 13.8 Å². The fraction of sp³-hybridized carbons (Fsp3) is 0.680. The summed E-state index contributed by atoms with van der Waals surface area (Å²) in [7, 11) is 0. The Hall–Kier alpha value is -2.49. The van der Waals surface area contributed by atoms with Crippen LogP contribution in [-0.4, -0.2) is 50.1 Å². The van der Waals surface area contributed by atoms with E-state index in [4.69, 9.17) is 10.5 Å². The van der Waals surface area contributed by atoms with Crippen molar-refractivity contribution in [3.8, 4) is 0 Å². The van der Waals surface area contributed by atoms with E-state index in [-0.39, 0.29) is 34.9 Å². The third-order valence-electron chi connectivity index (χ3n) is 7.30. The quantitative estimate of drug-likeness (QED) is 0.466. The van der Waals surface area contributed by atoms with Crippen LogP contribution in [0.15, 0.2) is 17.3 Å². The van der Waals surface area contributed by atoms with Gasteiger partial charge >= 0.3 is 6.09 Å². The number of aromatic nitrogens is 2. The molecule has 0 aliphatic heterocycles. The van der Waals surface area contributed by atoms with Gasteiger partial charge in [0.15, 0.2) is 0 Å². The van der Waals surface area contributed by atoms with Crippen LogP contribution >= 0.6 is 11.8 Å². The minimum Gasteiger partial charge on any atom is -0.443 e. The molecule has 9 nitrogen and oxygen atoms in total. The summed E-state index contributed by atoms with van der Waals surface area (Å²) in [5, 5.41) is 11.7. The summed E-state index contributed by atoms with van der Waals surface area (Å²) in [5.41, 5.74) is 4.90. The Labute approximate surface area is 211 Å². The second kappa shape index (κ2) is 9.52. The SMILES string of the molecule is CC(=O)NC(C)(C)/C=C/n1ncc(C(=O)N[C@H]2C3CC4CC2C[C@](OC(N)=O)(C4)C3)c1SC(C)C. The standard InChI is InChI=1S/C25H37N5O4S/c1-14(2)35-22-19(13-27-30(22)7-6-24(4,5)29-15(3)31)21(32)28-20-17-8-16-9-18(20)12-25(10-16,11-17)34-23(26)33/h6-7,13-14,16-18,20H,8-12H2,1-5H3,(H2,26,33)(H,28,32)(H,29,31)/b7-6+/t16?,17?,18?,20-,25-. The molecule has 10 heteroatoms. The lowest BCUT2D eigenvalue weighted by molar-refractivity contribution is -0.137. The predicted octanol–water partition coefficient (Wildman–Crippen LogP) is 3.54. The zero-order valence-electron chi connectivity index (χ0n) is 21.2. The van der Waals surface area contributed by atoms with E-state index in [2.05, 4.69) is 29.6 Å². The normalized spacial score (nSPS) is 29.5. The molecule has 1 heterocycles. The summed E-state index contributed by atoms with van der Waals surface area (Å²) >= 11 is 1.58. The molecule has 0 spiro atoms. The van der Waals surface area contributed by atoms with Crippen molar-refractivity contribution in [2.75, 3.05) is 0 Å². The number of primary amides is 1. The zero-order chi connectivity index (χ0) is 25.5. The Morgan fingerprint density at radius 3 is 2.49 bits per heavy atom. The van der Waals surface area contributed by atoms with Crippen molar-refractivity contribution in [1.29, 1.82) is 0 Å². The molecule has 3 amide bonds. The Kier molecular flexibility index (Phi) is 6.96. The van der Waals surface area contributed by atoms with Gasteiger partial charge in [0, 0.05) is 24.4 Å². The van der Waals surface area contributed by atoms with Crippen LogP contribution in [0.4, 0.5) is 4.79 Å². The molecular weight excluding hydrogens is 466 g/mol. The van der Waals surface area contributed by atoms with Crippen LogP contribution in [-0.2, 0) is 9.53 Å². The van der Waals surface area contributed by atoms with Gasteiger partial charge in [0.1, 0.15) is 10.6 Å². The molecule has 1 aromatic heterocycles. The number of hydrogen-bond acceptors (Lipinski definition) is 6. The van der Waals surface area contributed by atoms with E-state index in [9.17, 15) is 14.4 Å². The minimum absolute atomic E-state index is 0.0538. The highest BCUT2D eigenvalue weighted by Crippen LogP contribution is 2.57. The number of thioether (sulfide) groups is 1. The van der Waals surface area contributed by atoms with Gasteiger partial charge in [-0.25, -0.2) is 9.48 Å². The van der Waals surface area contributed by atoms with Crippen molar-refractivity contribution in [2.24, 2.45) is 23.5 Å². The molecule has 0 saturated heterocycles. The second-order valence-corrected chi connectivity index (χ2v) is 12.8. The van der Waals surface area contributed by atoms with Crippen LogP contribution in [0.3, 0.4) is 0 Å². The zero-order valence-corrected chi connectivity index (χ0v) is 22.0. The Balaban J connectivity index is 1.52. The van der Waals surface area contributed by atoms with Crippen molar-refractivity contribution < 1.29 is 19.1 Å². The Bertz CT molecular complexity index is 1020. The third kappa shape index (κ3) is 5.68. The van der Waals surface area contributed by atoms with Crippen LogP contribution in [0, 0.1) is 17.8 Å². The maximum Gasteiger partial charge on any atom is 0.405 e. The van der Waals surface area contributed by atoms with Gasteiger partial charge in [-0.2, -0.15) is 5.10 Å². The molecule has 4 aliphatic carbocycles. The lowest BCUT2D eigenvalue weighted by Crippen LogP contribution is -2.63.